The van der Waals surface area contributed by atoms with Gasteiger partial charge in [0.15, 0.2) is 17.1 Å². The minimum absolute atomic E-state index is 0.101. The summed E-state index contributed by atoms with van der Waals surface area (Å²) in [6.07, 6.45) is -0.0664. The Hall–Kier alpha value is -1.42. The summed E-state index contributed by atoms with van der Waals surface area (Å²) in [5, 5.41) is -0.518. The van der Waals surface area contributed by atoms with E-state index in [2.05, 4.69) is 4.98 Å². The molecule has 0 bridgehead atoms. The Bertz CT molecular complexity index is 770. The number of hydrogen-bond donors (Lipinski definition) is 1. The highest BCUT2D eigenvalue weighted by Gasteiger charge is 2.52. The summed E-state index contributed by atoms with van der Waals surface area (Å²) in [5.74, 6) is -0.791. The Morgan fingerprint density at radius 3 is 2.79 bits per heavy atom. The molecule has 3 rings (SSSR count). The van der Waals surface area contributed by atoms with Gasteiger partial charge in [-0.1, -0.05) is 11.8 Å². The fraction of sp³-hybridized carbons (Fsp3) is 0.667. The number of carbonyl (C=O) groups excluding carboxylic acids is 1. The Balaban J connectivity index is 2.00. The van der Waals surface area contributed by atoms with Gasteiger partial charge in [0.2, 0.25) is 0 Å². The lowest BCUT2D eigenvalue weighted by Crippen LogP contribution is -2.49. The largest absolute Gasteiger partial charge is 0.348 e. The summed E-state index contributed by atoms with van der Waals surface area (Å²) in [6, 6.07) is 0. The lowest BCUT2D eigenvalue weighted by Gasteiger charge is -2.38. The van der Waals surface area contributed by atoms with Crippen molar-refractivity contribution in [3.05, 3.63) is 32.6 Å². The predicted molar refractivity (Wildman–Crippen MR) is 86.9 cm³/mol. The van der Waals surface area contributed by atoms with Gasteiger partial charge < -0.3 is 14.2 Å². The third-order valence-corrected chi connectivity index (χ3v) is 5.13. The highest BCUT2D eigenvalue weighted by Crippen LogP contribution is 2.43. The van der Waals surface area contributed by atoms with Crippen molar-refractivity contribution in [2.75, 3.05) is 6.61 Å². The summed E-state index contributed by atoms with van der Waals surface area (Å²) >= 11 is 1.07. The number of carbonyl (C=O) groups is 1. The number of aromatic nitrogens is 2. The molecule has 8 nitrogen and oxygen atoms in total. The second-order valence-corrected chi connectivity index (χ2v) is 7.77. The molecule has 24 heavy (non-hydrogen) atoms. The molecule has 0 aromatic carbocycles. The molecular formula is C15H20N2O6S. The topological polar surface area (TPSA) is 99.6 Å². The average molecular weight is 356 g/mol. The molecule has 1 aromatic rings. The van der Waals surface area contributed by atoms with Crippen molar-refractivity contribution in [1.29, 1.82) is 0 Å². The molecule has 0 aliphatic carbocycles. The van der Waals surface area contributed by atoms with Gasteiger partial charge in [0.1, 0.15) is 12.2 Å². The minimum atomic E-state index is -0.791. The maximum atomic E-state index is 12.2. The van der Waals surface area contributed by atoms with E-state index in [0.717, 1.165) is 11.8 Å². The number of ether oxygens (including phenoxy) is 3. The van der Waals surface area contributed by atoms with Gasteiger partial charge in [0, 0.05) is 18.7 Å². The SMILES string of the molecule is CC(=O)S[C@H]1[C@@H]2OC(C)(C)OC[C@@H]2O[C@@H]1n1cc(C)c(=O)[nH]c1=O. The third-order valence-electron chi connectivity index (χ3n) is 4.02. The van der Waals surface area contributed by atoms with Crippen LogP contribution in [0.2, 0.25) is 0 Å². The van der Waals surface area contributed by atoms with E-state index in [9.17, 15) is 14.4 Å². The van der Waals surface area contributed by atoms with Gasteiger partial charge in [-0.3, -0.25) is 19.1 Å². The van der Waals surface area contributed by atoms with Crippen LogP contribution in [0.3, 0.4) is 0 Å². The van der Waals surface area contributed by atoms with Crippen LogP contribution in [0.25, 0.3) is 0 Å². The Morgan fingerprint density at radius 2 is 2.12 bits per heavy atom. The number of aromatic amines is 1. The average Bonchev–Trinajstić information content (AvgIpc) is 2.79. The van der Waals surface area contributed by atoms with Crippen LogP contribution in [0.1, 0.15) is 32.6 Å². The van der Waals surface area contributed by atoms with Gasteiger partial charge in [-0.2, -0.15) is 0 Å². The zero-order chi connectivity index (χ0) is 17.6. The molecule has 2 saturated heterocycles. The fourth-order valence-electron chi connectivity index (χ4n) is 2.95. The maximum Gasteiger partial charge on any atom is 0.330 e. The van der Waals surface area contributed by atoms with Crippen molar-refractivity contribution in [2.24, 2.45) is 0 Å². The van der Waals surface area contributed by atoms with Crippen molar-refractivity contribution in [1.82, 2.24) is 9.55 Å². The van der Waals surface area contributed by atoms with Crippen molar-refractivity contribution in [2.45, 2.75) is 57.2 Å². The van der Waals surface area contributed by atoms with Crippen LogP contribution < -0.4 is 11.2 Å². The van der Waals surface area contributed by atoms with Crippen LogP contribution >= 0.6 is 11.8 Å². The first-order valence-corrected chi connectivity index (χ1v) is 8.52. The Morgan fingerprint density at radius 1 is 1.42 bits per heavy atom. The van der Waals surface area contributed by atoms with Gasteiger partial charge >= 0.3 is 5.69 Å². The first kappa shape index (κ1) is 17.4. The quantitative estimate of drug-likeness (QED) is 0.826. The molecule has 0 amide bonds. The van der Waals surface area contributed by atoms with Gasteiger partial charge in [-0.05, 0) is 20.8 Å². The van der Waals surface area contributed by atoms with Gasteiger partial charge in [-0.15, -0.1) is 0 Å². The van der Waals surface area contributed by atoms with Crippen molar-refractivity contribution in [3.63, 3.8) is 0 Å². The smallest absolute Gasteiger partial charge is 0.330 e. The summed E-state index contributed by atoms with van der Waals surface area (Å²) in [5.41, 5.74) is -0.635. The molecule has 2 fully saturated rings. The zero-order valence-electron chi connectivity index (χ0n) is 13.9. The van der Waals surface area contributed by atoms with E-state index in [0.29, 0.717) is 12.2 Å². The second kappa shape index (κ2) is 6.14. The van der Waals surface area contributed by atoms with E-state index < -0.39 is 34.6 Å². The van der Waals surface area contributed by atoms with Crippen LogP contribution in [0.4, 0.5) is 0 Å². The predicted octanol–water partition coefficient (Wildman–Crippen LogP) is 0.542. The Kier molecular flexibility index (Phi) is 4.45. The highest BCUT2D eigenvalue weighted by atomic mass is 32.2. The molecule has 0 saturated carbocycles. The first-order valence-electron chi connectivity index (χ1n) is 7.64. The number of hydrogen-bond acceptors (Lipinski definition) is 7. The fourth-order valence-corrected chi connectivity index (χ4v) is 4.01. The summed E-state index contributed by atoms with van der Waals surface area (Å²) < 4.78 is 18.8. The van der Waals surface area contributed by atoms with Gasteiger partial charge in [-0.25, -0.2) is 4.79 Å². The molecule has 132 valence electrons. The van der Waals surface area contributed by atoms with Gasteiger partial charge in [0.05, 0.1) is 11.9 Å². The molecule has 1 aromatic heterocycles. The molecule has 3 heterocycles. The minimum Gasteiger partial charge on any atom is -0.348 e. The number of nitrogens with one attached hydrogen (secondary N) is 1. The van der Waals surface area contributed by atoms with Crippen molar-refractivity contribution in [3.8, 4) is 0 Å². The van der Waals surface area contributed by atoms with Crippen LogP contribution in [-0.4, -0.2) is 44.5 Å². The number of rotatable bonds is 2. The molecule has 0 radical (unpaired) electrons. The lowest BCUT2D eigenvalue weighted by atomic mass is 10.1. The second-order valence-electron chi connectivity index (χ2n) is 6.41. The third kappa shape index (κ3) is 3.21. The standard InChI is InChI=1S/C15H20N2O6S/c1-7-5-17(14(20)16-12(7)19)13-11(24-8(2)18)10-9(22-13)6-21-15(3,4)23-10/h5,9-11,13H,6H2,1-4H3,(H,16,19,20)/t9-,10+,11-,13-/m0/s1. The monoisotopic (exact) mass is 356 g/mol. The van der Waals surface area contributed by atoms with E-state index in [4.69, 9.17) is 14.2 Å². The molecule has 0 unspecified atom stereocenters. The van der Waals surface area contributed by atoms with Crippen LogP contribution in [0, 0.1) is 6.92 Å². The molecule has 2 aliphatic heterocycles. The van der Waals surface area contributed by atoms with Gasteiger partial charge in [0.25, 0.3) is 5.56 Å². The number of nitrogens with zero attached hydrogens (tertiary/aromatic N) is 1. The molecule has 1 N–H and O–H groups in total. The summed E-state index contributed by atoms with van der Waals surface area (Å²) in [6.45, 7) is 6.96. The Labute approximate surface area is 142 Å². The van der Waals surface area contributed by atoms with Crippen LogP contribution in [0.5, 0.6) is 0 Å². The molecule has 4 atom stereocenters. The number of fused-ring (bicyclic) bond motifs is 1. The highest BCUT2D eigenvalue weighted by molar-refractivity contribution is 8.14. The normalized spacial score (nSPS) is 31.7. The molecule has 2 aliphatic rings. The number of H-pyrrole nitrogens is 1. The summed E-state index contributed by atoms with van der Waals surface area (Å²) in [4.78, 5) is 37.7. The van der Waals surface area contributed by atoms with E-state index >= 15 is 0 Å². The van der Waals surface area contributed by atoms with E-state index in [1.807, 2.05) is 0 Å². The maximum absolute atomic E-state index is 12.2. The van der Waals surface area contributed by atoms with Crippen LogP contribution in [0.15, 0.2) is 15.8 Å². The van der Waals surface area contributed by atoms with Crippen molar-refractivity contribution >= 4 is 16.9 Å². The van der Waals surface area contributed by atoms with Crippen molar-refractivity contribution < 1.29 is 19.0 Å². The number of thioether (sulfide) groups is 1. The summed E-state index contributed by atoms with van der Waals surface area (Å²) in [7, 11) is 0. The van der Waals surface area contributed by atoms with E-state index in [1.54, 1.807) is 20.8 Å². The first-order chi connectivity index (χ1) is 11.2. The van der Waals surface area contributed by atoms with Crippen LogP contribution in [-0.2, 0) is 19.0 Å². The molecular weight excluding hydrogens is 336 g/mol. The zero-order valence-corrected chi connectivity index (χ0v) is 14.7. The number of aryl methyl sites for hydroxylation is 1. The van der Waals surface area contributed by atoms with E-state index in [1.165, 1.54) is 17.7 Å². The molecule has 0 spiro atoms. The molecule has 9 heteroatoms. The lowest BCUT2D eigenvalue weighted by molar-refractivity contribution is -0.293. The van der Waals surface area contributed by atoms with E-state index in [-0.39, 0.29) is 11.2 Å².